The molecular weight excluding hydrogens is 532 g/mol. The average molecular weight is 565 g/mol. The Hall–Kier alpha value is -3.82. The Labute approximate surface area is 225 Å². The van der Waals surface area contributed by atoms with Gasteiger partial charge >= 0.3 is 12.1 Å². The van der Waals surface area contributed by atoms with Crippen molar-refractivity contribution in [3.05, 3.63) is 47.3 Å². The summed E-state index contributed by atoms with van der Waals surface area (Å²) in [6.45, 7) is 4.36. The van der Waals surface area contributed by atoms with Gasteiger partial charge in [0.25, 0.3) is 0 Å². The minimum absolute atomic E-state index is 0.0129. The van der Waals surface area contributed by atoms with E-state index in [1.165, 1.54) is 4.90 Å². The number of benzene rings is 1. The van der Waals surface area contributed by atoms with Gasteiger partial charge in [-0.2, -0.15) is 4.72 Å². The lowest BCUT2D eigenvalue weighted by atomic mass is 10.1. The predicted octanol–water partition coefficient (Wildman–Crippen LogP) is 0.499. The van der Waals surface area contributed by atoms with Gasteiger partial charge in [0.05, 0.1) is 23.6 Å². The third-order valence-corrected chi connectivity index (χ3v) is 7.88. The number of carbonyl (C=O) groups is 3. The van der Waals surface area contributed by atoms with Gasteiger partial charge in [-0.05, 0) is 44.4 Å². The number of aromatic nitrogens is 2. The Balaban J connectivity index is 1.52. The number of anilines is 1. The van der Waals surface area contributed by atoms with Crippen molar-refractivity contribution in [3.63, 3.8) is 0 Å². The molecule has 2 amide bonds. The fourth-order valence-corrected chi connectivity index (χ4v) is 6.14. The summed E-state index contributed by atoms with van der Waals surface area (Å²) in [5, 5.41) is 24.4. The number of nitrogens with one attached hydrogen (secondary N) is 3. The molecule has 1 saturated heterocycles. The van der Waals surface area contributed by atoms with Crippen molar-refractivity contribution in [3.8, 4) is 0 Å². The van der Waals surface area contributed by atoms with E-state index < -0.39 is 59.3 Å². The molecule has 0 aliphatic carbocycles. The normalized spacial score (nSPS) is 18.0. The molecule has 39 heavy (non-hydrogen) atoms. The molecular formula is C24H32N6O8S. The largest absolute Gasteiger partial charge is 0.480 e. The Morgan fingerprint density at radius 3 is 2.36 bits per heavy atom. The van der Waals surface area contributed by atoms with E-state index in [9.17, 15) is 33.0 Å². The highest BCUT2D eigenvalue weighted by Gasteiger charge is 2.36. The van der Waals surface area contributed by atoms with Crippen molar-refractivity contribution in [1.29, 1.82) is 0 Å². The van der Waals surface area contributed by atoms with Crippen LogP contribution in [0, 0.1) is 20.8 Å². The monoisotopic (exact) mass is 564 g/mol. The van der Waals surface area contributed by atoms with E-state index in [1.807, 2.05) is 6.92 Å². The van der Waals surface area contributed by atoms with Gasteiger partial charge in [0.1, 0.15) is 12.6 Å². The average Bonchev–Trinajstić information content (AvgIpc) is 3.27. The first-order chi connectivity index (χ1) is 18.4. The maximum atomic E-state index is 12.9. The summed E-state index contributed by atoms with van der Waals surface area (Å²) in [6, 6.07) is 2.95. The van der Waals surface area contributed by atoms with Crippen molar-refractivity contribution in [2.24, 2.45) is 0 Å². The number of rotatable bonds is 12. The SMILES string of the molecule is Cc1cc(C)c(S(=O)(=O)NC(CNC(=O)COC2CC(CNc3ncccn3)N(C(=O)O)C2)C(=O)O)c(C)c1. The van der Waals surface area contributed by atoms with Gasteiger partial charge in [-0.25, -0.2) is 23.2 Å². The van der Waals surface area contributed by atoms with Crippen LogP contribution >= 0.6 is 0 Å². The number of carbonyl (C=O) groups excluding carboxylic acids is 1. The zero-order valence-electron chi connectivity index (χ0n) is 21.7. The Bertz CT molecular complexity index is 1280. The molecule has 3 unspecified atom stereocenters. The van der Waals surface area contributed by atoms with Gasteiger partial charge in [0.15, 0.2) is 0 Å². The minimum atomic E-state index is -4.19. The van der Waals surface area contributed by atoms with E-state index >= 15 is 0 Å². The predicted molar refractivity (Wildman–Crippen MR) is 139 cm³/mol. The fourth-order valence-electron chi connectivity index (χ4n) is 4.50. The molecule has 1 aromatic heterocycles. The molecule has 2 heterocycles. The Kier molecular flexibility index (Phi) is 9.77. The highest BCUT2D eigenvalue weighted by Crippen LogP contribution is 2.22. The van der Waals surface area contributed by atoms with Gasteiger partial charge in [-0.3, -0.25) is 9.59 Å². The number of amides is 2. The van der Waals surface area contributed by atoms with E-state index in [-0.39, 0.29) is 18.0 Å². The Morgan fingerprint density at radius 2 is 1.77 bits per heavy atom. The van der Waals surface area contributed by atoms with Crippen molar-refractivity contribution in [2.45, 2.75) is 50.3 Å². The van der Waals surface area contributed by atoms with Crippen LogP contribution in [-0.4, -0.2) is 95.9 Å². The molecule has 3 atom stereocenters. The maximum absolute atomic E-state index is 12.9. The third kappa shape index (κ3) is 8.08. The second kappa shape index (κ2) is 12.8. The molecule has 1 fully saturated rings. The lowest BCUT2D eigenvalue weighted by Crippen LogP contribution is -2.49. The van der Waals surface area contributed by atoms with Crippen LogP contribution in [0.3, 0.4) is 0 Å². The van der Waals surface area contributed by atoms with Crippen LogP contribution in [0.25, 0.3) is 0 Å². The van der Waals surface area contributed by atoms with Gasteiger partial charge < -0.3 is 30.5 Å². The number of nitrogens with zero attached hydrogens (tertiary/aromatic N) is 3. The van der Waals surface area contributed by atoms with Crippen LogP contribution in [0.1, 0.15) is 23.1 Å². The summed E-state index contributed by atoms with van der Waals surface area (Å²) in [7, 11) is -4.19. The molecule has 15 heteroatoms. The van der Waals surface area contributed by atoms with Crippen molar-refractivity contribution < 1.29 is 37.8 Å². The summed E-state index contributed by atoms with van der Waals surface area (Å²) in [5.74, 6) is -1.79. The zero-order valence-corrected chi connectivity index (χ0v) is 22.6. The second-order valence-corrected chi connectivity index (χ2v) is 10.9. The molecule has 1 aromatic carbocycles. The number of carboxylic acid groups (broad SMARTS) is 2. The molecule has 0 radical (unpaired) electrons. The molecule has 14 nitrogen and oxygen atoms in total. The van der Waals surface area contributed by atoms with Crippen LogP contribution in [-0.2, 0) is 24.3 Å². The first-order valence-corrected chi connectivity index (χ1v) is 13.6. The molecule has 3 rings (SSSR count). The fraction of sp³-hybridized carbons (Fsp3) is 0.458. The van der Waals surface area contributed by atoms with Crippen LogP contribution in [0.2, 0.25) is 0 Å². The first-order valence-electron chi connectivity index (χ1n) is 12.1. The molecule has 2 aromatic rings. The number of carboxylic acids is 1. The third-order valence-electron chi connectivity index (χ3n) is 6.11. The van der Waals surface area contributed by atoms with Gasteiger partial charge in [0.2, 0.25) is 21.9 Å². The molecule has 0 bridgehead atoms. The molecule has 0 spiro atoms. The van der Waals surface area contributed by atoms with Crippen molar-refractivity contribution in [2.75, 3.05) is 31.6 Å². The first kappa shape index (κ1) is 29.7. The van der Waals surface area contributed by atoms with E-state index in [0.717, 1.165) is 5.56 Å². The Morgan fingerprint density at radius 1 is 1.13 bits per heavy atom. The number of hydrogen-bond donors (Lipinski definition) is 5. The zero-order chi connectivity index (χ0) is 28.7. The van der Waals surface area contributed by atoms with Crippen molar-refractivity contribution in [1.82, 2.24) is 24.9 Å². The lowest BCUT2D eigenvalue weighted by molar-refractivity contribution is -0.139. The van der Waals surface area contributed by atoms with Gasteiger partial charge in [0, 0.05) is 25.5 Å². The number of likely N-dealkylation sites (tertiary alicyclic amines) is 1. The quantitative estimate of drug-likeness (QED) is 0.240. The lowest BCUT2D eigenvalue weighted by Gasteiger charge is -2.21. The summed E-state index contributed by atoms with van der Waals surface area (Å²) in [5.41, 5.74) is 1.81. The highest BCUT2D eigenvalue weighted by molar-refractivity contribution is 7.89. The molecule has 1 aliphatic rings. The molecule has 212 valence electrons. The molecule has 0 saturated carbocycles. The summed E-state index contributed by atoms with van der Waals surface area (Å²) >= 11 is 0. The number of aliphatic carboxylic acids is 1. The van der Waals surface area contributed by atoms with Gasteiger partial charge in [-0.15, -0.1) is 0 Å². The minimum Gasteiger partial charge on any atom is -0.480 e. The highest BCUT2D eigenvalue weighted by atomic mass is 32.2. The maximum Gasteiger partial charge on any atom is 0.407 e. The standard InChI is InChI=1S/C24H32N6O8S/c1-14-7-15(2)21(16(3)8-14)39(36,37)29-19(22(32)33)11-27-20(31)13-38-18-9-17(30(12-18)24(34)35)10-28-23-25-5-4-6-26-23/h4-8,17-19,29H,9-13H2,1-3H3,(H,27,31)(H,32,33)(H,34,35)(H,25,26,28). The van der Waals surface area contributed by atoms with Crippen LogP contribution < -0.4 is 15.4 Å². The van der Waals surface area contributed by atoms with Crippen LogP contribution in [0.4, 0.5) is 10.7 Å². The number of ether oxygens (including phenoxy) is 1. The van der Waals surface area contributed by atoms with Crippen LogP contribution in [0.5, 0.6) is 0 Å². The summed E-state index contributed by atoms with van der Waals surface area (Å²) < 4.78 is 33.6. The topological polar surface area (TPSA) is 200 Å². The van der Waals surface area contributed by atoms with E-state index in [0.29, 0.717) is 23.5 Å². The number of hydrogen-bond acceptors (Lipinski definition) is 9. The van der Waals surface area contributed by atoms with E-state index in [1.54, 1.807) is 44.4 Å². The van der Waals surface area contributed by atoms with E-state index in [2.05, 4.69) is 25.3 Å². The molecule has 1 aliphatic heterocycles. The molecule has 5 N–H and O–H groups in total. The second-order valence-electron chi connectivity index (χ2n) is 9.25. The number of sulfonamides is 1. The van der Waals surface area contributed by atoms with Crippen molar-refractivity contribution >= 4 is 33.9 Å². The smallest absolute Gasteiger partial charge is 0.407 e. The van der Waals surface area contributed by atoms with Crippen LogP contribution in [0.15, 0.2) is 35.5 Å². The number of aryl methyl sites for hydroxylation is 3. The summed E-state index contributed by atoms with van der Waals surface area (Å²) in [4.78, 5) is 45.0. The van der Waals surface area contributed by atoms with Gasteiger partial charge in [-0.1, -0.05) is 17.7 Å². The summed E-state index contributed by atoms with van der Waals surface area (Å²) in [6.07, 6.45) is 1.70. The van der Waals surface area contributed by atoms with E-state index in [4.69, 9.17) is 4.74 Å².